The molecule has 32 heavy (non-hydrogen) atoms. The third-order valence-electron chi connectivity index (χ3n) is 5.60. The van der Waals surface area contributed by atoms with Gasteiger partial charge in [0.2, 0.25) is 0 Å². The standard InChI is InChI=1S/C25H29N3O2S2/c1-3-15-30-22-9-7-20(8-10-22)17-23-24(29)28(25(31)32-23)18-26-11-13-27(14-12-26)21-6-4-5-19(2)16-21/h4-10,16-17H,3,11-15,18H2,1-2H3/b23-17+. The molecule has 2 aromatic rings. The second-order valence-corrected chi connectivity index (χ2v) is 9.79. The van der Waals surface area contributed by atoms with Crippen molar-refractivity contribution >= 4 is 46.0 Å². The maximum atomic E-state index is 13.0. The Hall–Kier alpha value is -2.35. The van der Waals surface area contributed by atoms with Crippen LogP contribution in [-0.4, -0.2) is 59.5 Å². The van der Waals surface area contributed by atoms with Crippen LogP contribution in [0.3, 0.4) is 0 Å². The molecule has 2 heterocycles. The lowest BCUT2D eigenvalue weighted by molar-refractivity contribution is -0.123. The third-order valence-corrected chi connectivity index (χ3v) is 6.98. The van der Waals surface area contributed by atoms with E-state index in [4.69, 9.17) is 17.0 Å². The maximum absolute atomic E-state index is 13.0. The zero-order valence-corrected chi connectivity index (χ0v) is 20.3. The van der Waals surface area contributed by atoms with Gasteiger partial charge in [-0.3, -0.25) is 14.6 Å². The van der Waals surface area contributed by atoms with Gasteiger partial charge in [-0.1, -0.05) is 55.2 Å². The van der Waals surface area contributed by atoms with E-state index in [-0.39, 0.29) is 5.91 Å². The van der Waals surface area contributed by atoms with E-state index >= 15 is 0 Å². The first-order chi connectivity index (χ1) is 15.5. The Labute approximate surface area is 200 Å². The summed E-state index contributed by atoms with van der Waals surface area (Å²) in [6.07, 6.45) is 2.89. The average Bonchev–Trinajstić information content (AvgIpc) is 3.06. The second kappa shape index (κ2) is 10.5. The zero-order chi connectivity index (χ0) is 22.5. The Bertz CT molecular complexity index is 999. The van der Waals surface area contributed by atoms with Crippen LogP contribution in [0.4, 0.5) is 5.69 Å². The lowest BCUT2D eigenvalue weighted by atomic mass is 10.2. The van der Waals surface area contributed by atoms with Gasteiger partial charge in [-0.05, 0) is 54.8 Å². The van der Waals surface area contributed by atoms with Gasteiger partial charge in [-0.15, -0.1) is 0 Å². The first kappa shape index (κ1) is 22.8. The first-order valence-corrected chi connectivity index (χ1v) is 12.3. The summed E-state index contributed by atoms with van der Waals surface area (Å²) >= 11 is 6.92. The molecule has 0 radical (unpaired) electrons. The molecule has 2 fully saturated rings. The topological polar surface area (TPSA) is 36.0 Å². The summed E-state index contributed by atoms with van der Waals surface area (Å²) in [4.78, 5) is 20.1. The van der Waals surface area contributed by atoms with Crippen molar-refractivity contribution in [3.05, 3.63) is 64.6 Å². The van der Waals surface area contributed by atoms with Crippen LogP contribution in [0, 0.1) is 6.92 Å². The van der Waals surface area contributed by atoms with Crippen LogP contribution in [0.2, 0.25) is 0 Å². The van der Waals surface area contributed by atoms with Gasteiger partial charge in [0.05, 0.1) is 18.2 Å². The molecule has 0 bridgehead atoms. The molecule has 2 aliphatic heterocycles. The summed E-state index contributed by atoms with van der Waals surface area (Å²) in [6, 6.07) is 16.4. The summed E-state index contributed by atoms with van der Waals surface area (Å²) in [6.45, 7) is 9.16. The lowest BCUT2D eigenvalue weighted by Gasteiger charge is -2.37. The smallest absolute Gasteiger partial charge is 0.267 e. The molecule has 2 saturated heterocycles. The molecule has 0 atom stereocenters. The largest absolute Gasteiger partial charge is 0.494 e. The molecule has 0 N–H and O–H groups in total. The molecule has 7 heteroatoms. The highest BCUT2D eigenvalue weighted by Crippen LogP contribution is 2.33. The van der Waals surface area contributed by atoms with Crippen molar-refractivity contribution in [2.75, 3.05) is 44.4 Å². The summed E-state index contributed by atoms with van der Waals surface area (Å²) in [7, 11) is 0. The van der Waals surface area contributed by atoms with Gasteiger partial charge in [0.1, 0.15) is 10.1 Å². The minimum Gasteiger partial charge on any atom is -0.494 e. The van der Waals surface area contributed by atoms with Crippen molar-refractivity contribution in [1.82, 2.24) is 9.80 Å². The highest BCUT2D eigenvalue weighted by atomic mass is 32.2. The number of rotatable bonds is 7. The Morgan fingerprint density at radius 2 is 1.84 bits per heavy atom. The van der Waals surface area contributed by atoms with E-state index in [0.29, 0.717) is 22.5 Å². The number of carbonyl (C=O) groups is 1. The van der Waals surface area contributed by atoms with E-state index in [0.717, 1.165) is 43.9 Å². The molecule has 0 aliphatic carbocycles. The van der Waals surface area contributed by atoms with Gasteiger partial charge in [0, 0.05) is 31.9 Å². The molecule has 2 aromatic carbocycles. The van der Waals surface area contributed by atoms with Crippen LogP contribution < -0.4 is 9.64 Å². The van der Waals surface area contributed by atoms with Gasteiger partial charge < -0.3 is 9.64 Å². The van der Waals surface area contributed by atoms with E-state index in [1.54, 1.807) is 4.90 Å². The number of anilines is 1. The molecule has 0 spiro atoms. The van der Waals surface area contributed by atoms with Crippen molar-refractivity contribution in [1.29, 1.82) is 0 Å². The van der Waals surface area contributed by atoms with E-state index < -0.39 is 0 Å². The Kier molecular flexibility index (Phi) is 7.50. The van der Waals surface area contributed by atoms with Crippen LogP contribution in [0.25, 0.3) is 6.08 Å². The summed E-state index contributed by atoms with van der Waals surface area (Å²) in [5, 5.41) is 0. The fourth-order valence-electron chi connectivity index (χ4n) is 3.83. The number of thioether (sulfide) groups is 1. The number of nitrogens with zero attached hydrogens (tertiary/aromatic N) is 3. The number of hydrogen-bond donors (Lipinski definition) is 0. The number of thiocarbonyl (C=S) groups is 1. The average molecular weight is 468 g/mol. The molecule has 2 aliphatic rings. The Morgan fingerprint density at radius 3 is 2.53 bits per heavy atom. The summed E-state index contributed by atoms with van der Waals surface area (Å²) < 4.78 is 6.26. The molecular weight excluding hydrogens is 438 g/mol. The lowest BCUT2D eigenvalue weighted by Crippen LogP contribution is -2.50. The van der Waals surface area contributed by atoms with Crippen molar-refractivity contribution in [3.63, 3.8) is 0 Å². The predicted octanol–water partition coefficient (Wildman–Crippen LogP) is 4.76. The minimum atomic E-state index is -0.00702. The van der Waals surface area contributed by atoms with Crippen LogP contribution in [-0.2, 0) is 4.79 Å². The van der Waals surface area contributed by atoms with Gasteiger partial charge >= 0.3 is 0 Å². The van der Waals surface area contributed by atoms with Crippen LogP contribution >= 0.6 is 24.0 Å². The number of piperazine rings is 1. The monoisotopic (exact) mass is 467 g/mol. The number of aryl methyl sites for hydroxylation is 1. The van der Waals surface area contributed by atoms with E-state index in [1.807, 2.05) is 30.3 Å². The highest BCUT2D eigenvalue weighted by Gasteiger charge is 2.33. The number of hydrogen-bond acceptors (Lipinski definition) is 6. The zero-order valence-electron chi connectivity index (χ0n) is 18.6. The van der Waals surface area contributed by atoms with Gasteiger partial charge in [0.25, 0.3) is 5.91 Å². The van der Waals surface area contributed by atoms with Crippen LogP contribution in [0.15, 0.2) is 53.4 Å². The Morgan fingerprint density at radius 1 is 1.09 bits per heavy atom. The maximum Gasteiger partial charge on any atom is 0.267 e. The van der Waals surface area contributed by atoms with E-state index in [2.05, 4.69) is 47.9 Å². The Balaban J connectivity index is 1.34. The predicted molar refractivity (Wildman–Crippen MR) is 137 cm³/mol. The highest BCUT2D eigenvalue weighted by molar-refractivity contribution is 8.26. The van der Waals surface area contributed by atoms with E-state index in [1.165, 1.54) is 23.0 Å². The number of carbonyl (C=O) groups excluding carboxylic acids is 1. The number of benzene rings is 2. The summed E-state index contributed by atoms with van der Waals surface area (Å²) in [5.41, 5.74) is 3.52. The molecule has 0 aromatic heterocycles. The molecule has 4 rings (SSSR count). The molecule has 0 saturated carbocycles. The van der Waals surface area contributed by atoms with Crippen LogP contribution in [0.1, 0.15) is 24.5 Å². The SMILES string of the molecule is CCCOc1ccc(/C=C2/SC(=S)N(CN3CCN(c4cccc(C)c4)CC3)C2=O)cc1. The van der Waals surface area contributed by atoms with Crippen LogP contribution in [0.5, 0.6) is 5.75 Å². The quantitative estimate of drug-likeness (QED) is 0.431. The van der Waals surface area contributed by atoms with Gasteiger partial charge in [-0.2, -0.15) is 0 Å². The second-order valence-electron chi connectivity index (χ2n) is 8.11. The van der Waals surface area contributed by atoms with Crippen molar-refractivity contribution in [2.45, 2.75) is 20.3 Å². The summed E-state index contributed by atoms with van der Waals surface area (Å²) in [5.74, 6) is 0.841. The number of amides is 1. The molecule has 1 amide bonds. The van der Waals surface area contributed by atoms with E-state index in [9.17, 15) is 4.79 Å². The van der Waals surface area contributed by atoms with Crippen molar-refractivity contribution < 1.29 is 9.53 Å². The molecule has 5 nitrogen and oxygen atoms in total. The fourth-order valence-corrected chi connectivity index (χ4v) is 5.07. The van der Waals surface area contributed by atoms with Gasteiger partial charge in [-0.25, -0.2) is 0 Å². The minimum absolute atomic E-state index is 0.00702. The normalized spacial score (nSPS) is 18.6. The van der Waals surface area contributed by atoms with Gasteiger partial charge in [0.15, 0.2) is 0 Å². The first-order valence-electron chi connectivity index (χ1n) is 11.1. The van der Waals surface area contributed by atoms with Crippen molar-refractivity contribution in [3.8, 4) is 5.75 Å². The molecular formula is C25H29N3O2S2. The van der Waals surface area contributed by atoms with Crippen molar-refractivity contribution in [2.24, 2.45) is 0 Å². The third kappa shape index (κ3) is 5.52. The molecule has 168 valence electrons. The fraction of sp³-hybridized carbons (Fsp3) is 0.360. The number of ether oxygens (including phenoxy) is 1. The molecule has 0 unspecified atom stereocenters.